The molecule has 142 valence electrons. The molecular weight excluding hydrogens is 391 g/mol. The topological polar surface area (TPSA) is 76.7 Å². The molecule has 0 aliphatic carbocycles. The van der Waals surface area contributed by atoms with Crippen LogP contribution in [0.2, 0.25) is 0 Å². The van der Waals surface area contributed by atoms with Gasteiger partial charge in [0.2, 0.25) is 5.89 Å². The van der Waals surface area contributed by atoms with Crippen LogP contribution in [0, 0.1) is 0 Å². The monoisotopic (exact) mass is 403 g/mol. The average Bonchev–Trinajstić information content (AvgIpc) is 3.38. The van der Waals surface area contributed by atoms with E-state index in [4.69, 9.17) is 4.42 Å². The zero-order chi connectivity index (χ0) is 19.6. The van der Waals surface area contributed by atoms with Crippen LogP contribution in [0.3, 0.4) is 0 Å². The Morgan fingerprint density at radius 2 is 1.89 bits per heavy atom. The highest BCUT2D eigenvalue weighted by molar-refractivity contribution is 7.13. The molecule has 0 fully saturated rings. The standard InChI is InChI=1S/C18H12F3N5OS/c19-18(20,21)14-8-15(26-16(25-14)11-3-5-22-6-4-11)23-9-12-10-27-17(24-12)13-2-1-7-28-13/h1-8,10H,9H2,(H,23,25,26). The maximum atomic E-state index is 13.2. The Morgan fingerprint density at radius 1 is 1.07 bits per heavy atom. The molecule has 0 unspecified atom stereocenters. The predicted molar refractivity (Wildman–Crippen MR) is 97.4 cm³/mol. The van der Waals surface area contributed by atoms with Gasteiger partial charge in [-0.2, -0.15) is 13.2 Å². The van der Waals surface area contributed by atoms with E-state index in [1.165, 1.54) is 30.0 Å². The van der Waals surface area contributed by atoms with Crippen molar-refractivity contribution in [2.24, 2.45) is 0 Å². The van der Waals surface area contributed by atoms with Gasteiger partial charge in [-0.25, -0.2) is 15.0 Å². The van der Waals surface area contributed by atoms with E-state index in [0.29, 0.717) is 17.1 Å². The molecule has 4 rings (SSSR count). The summed E-state index contributed by atoms with van der Waals surface area (Å²) in [6.45, 7) is 0.152. The fraction of sp³-hybridized carbons (Fsp3) is 0.111. The van der Waals surface area contributed by atoms with Gasteiger partial charge in [-0.1, -0.05) is 6.07 Å². The van der Waals surface area contributed by atoms with Gasteiger partial charge in [0.1, 0.15) is 12.1 Å². The highest BCUT2D eigenvalue weighted by Gasteiger charge is 2.33. The van der Waals surface area contributed by atoms with Crippen LogP contribution < -0.4 is 5.32 Å². The van der Waals surface area contributed by atoms with Gasteiger partial charge in [0, 0.05) is 24.0 Å². The Bertz CT molecular complexity index is 1060. The van der Waals surface area contributed by atoms with E-state index >= 15 is 0 Å². The maximum absolute atomic E-state index is 13.2. The first-order valence-electron chi connectivity index (χ1n) is 8.08. The molecule has 6 nitrogen and oxygen atoms in total. The number of nitrogens with one attached hydrogen (secondary N) is 1. The SMILES string of the molecule is FC(F)(F)c1cc(NCc2coc(-c3cccs3)n2)nc(-c2ccncc2)n1. The molecule has 0 aliphatic rings. The van der Waals surface area contributed by atoms with Gasteiger partial charge in [-0.15, -0.1) is 11.3 Å². The minimum absolute atomic E-state index is 0.0369. The second-order valence-corrected chi connectivity index (χ2v) is 6.62. The Balaban J connectivity index is 1.58. The largest absolute Gasteiger partial charge is 0.443 e. The lowest BCUT2D eigenvalue weighted by molar-refractivity contribution is -0.141. The maximum Gasteiger partial charge on any atom is 0.433 e. The van der Waals surface area contributed by atoms with Gasteiger partial charge in [-0.3, -0.25) is 4.98 Å². The van der Waals surface area contributed by atoms with Crippen LogP contribution in [-0.2, 0) is 12.7 Å². The summed E-state index contributed by atoms with van der Waals surface area (Å²) in [6, 6.07) is 7.70. The molecule has 4 aromatic heterocycles. The molecule has 0 aromatic carbocycles. The lowest BCUT2D eigenvalue weighted by atomic mass is 10.2. The van der Waals surface area contributed by atoms with E-state index < -0.39 is 11.9 Å². The molecule has 0 spiro atoms. The third-order valence-electron chi connectivity index (χ3n) is 3.69. The van der Waals surface area contributed by atoms with Crippen molar-refractivity contribution < 1.29 is 17.6 Å². The molecule has 0 bridgehead atoms. The predicted octanol–water partition coefficient (Wildman–Crippen LogP) is 4.89. The van der Waals surface area contributed by atoms with Crippen molar-refractivity contribution in [3.8, 4) is 22.2 Å². The fourth-order valence-electron chi connectivity index (χ4n) is 2.40. The smallest absolute Gasteiger partial charge is 0.433 e. The first-order valence-corrected chi connectivity index (χ1v) is 8.96. The van der Waals surface area contributed by atoms with Gasteiger partial charge in [0.25, 0.3) is 0 Å². The number of rotatable bonds is 5. The van der Waals surface area contributed by atoms with Crippen LogP contribution in [0.1, 0.15) is 11.4 Å². The number of alkyl halides is 3. The Kier molecular flexibility index (Phi) is 4.78. The molecule has 4 heterocycles. The van der Waals surface area contributed by atoms with Crippen LogP contribution in [0.25, 0.3) is 22.2 Å². The summed E-state index contributed by atoms with van der Waals surface area (Å²) in [7, 11) is 0. The summed E-state index contributed by atoms with van der Waals surface area (Å²) in [5.41, 5.74) is -0.0529. The lowest BCUT2D eigenvalue weighted by Crippen LogP contribution is -2.12. The third kappa shape index (κ3) is 4.01. The van der Waals surface area contributed by atoms with Crippen molar-refractivity contribution in [1.29, 1.82) is 0 Å². The molecule has 0 amide bonds. The molecule has 1 N–H and O–H groups in total. The van der Waals surface area contributed by atoms with E-state index in [2.05, 4.69) is 25.3 Å². The van der Waals surface area contributed by atoms with Crippen LogP contribution >= 0.6 is 11.3 Å². The van der Waals surface area contributed by atoms with Crippen molar-refractivity contribution >= 4 is 17.2 Å². The van der Waals surface area contributed by atoms with Gasteiger partial charge in [0.05, 0.1) is 17.1 Å². The number of pyridine rings is 1. The van der Waals surface area contributed by atoms with Crippen molar-refractivity contribution in [2.45, 2.75) is 12.7 Å². The molecule has 0 saturated carbocycles. The zero-order valence-corrected chi connectivity index (χ0v) is 15.0. The second kappa shape index (κ2) is 7.39. The molecule has 0 atom stereocenters. The zero-order valence-electron chi connectivity index (χ0n) is 14.1. The quantitative estimate of drug-likeness (QED) is 0.512. The molecule has 0 aliphatic heterocycles. The van der Waals surface area contributed by atoms with E-state index in [9.17, 15) is 13.2 Å². The number of thiophene rings is 1. The highest BCUT2D eigenvalue weighted by atomic mass is 32.1. The number of aromatic nitrogens is 4. The van der Waals surface area contributed by atoms with Gasteiger partial charge >= 0.3 is 6.18 Å². The molecule has 0 radical (unpaired) electrons. The summed E-state index contributed by atoms with van der Waals surface area (Å²) in [5, 5.41) is 4.76. The molecule has 10 heteroatoms. The number of hydrogen-bond donors (Lipinski definition) is 1. The summed E-state index contributed by atoms with van der Waals surface area (Å²) < 4.78 is 45.1. The number of oxazole rings is 1. The second-order valence-electron chi connectivity index (χ2n) is 5.67. The normalized spacial score (nSPS) is 11.5. The van der Waals surface area contributed by atoms with Crippen LogP contribution in [-0.4, -0.2) is 19.9 Å². The minimum atomic E-state index is -4.60. The van der Waals surface area contributed by atoms with E-state index in [-0.39, 0.29) is 18.2 Å². The lowest BCUT2D eigenvalue weighted by Gasteiger charge is -2.11. The number of halogens is 3. The van der Waals surface area contributed by atoms with Crippen molar-refractivity contribution in [3.63, 3.8) is 0 Å². The average molecular weight is 403 g/mol. The van der Waals surface area contributed by atoms with Crippen molar-refractivity contribution in [2.75, 3.05) is 5.32 Å². The van der Waals surface area contributed by atoms with Crippen LogP contribution in [0.5, 0.6) is 0 Å². The van der Waals surface area contributed by atoms with E-state index in [1.54, 1.807) is 12.1 Å². The first kappa shape index (κ1) is 18.1. The van der Waals surface area contributed by atoms with Gasteiger partial charge < -0.3 is 9.73 Å². The van der Waals surface area contributed by atoms with E-state index in [1.807, 2.05) is 17.5 Å². The Hall–Kier alpha value is -3.27. The van der Waals surface area contributed by atoms with Gasteiger partial charge in [0.15, 0.2) is 11.5 Å². The number of nitrogens with zero attached hydrogens (tertiary/aromatic N) is 4. The number of hydrogen-bond acceptors (Lipinski definition) is 7. The summed E-state index contributed by atoms with van der Waals surface area (Å²) in [5.74, 6) is 0.455. The van der Waals surface area contributed by atoms with Gasteiger partial charge in [-0.05, 0) is 23.6 Å². The summed E-state index contributed by atoms with van der Waals surface area (Å²) in [6.07, 6.45) is -0.208. The molecule has 4 aromatic rings. The molecule has 0 saturated heterocycles. The van der Waals surface area contributed by atoms with Crippen LogP contribution in [0.4, 0.5) is 19.0 Å². The molecular formula is C18H12F3N5OS. The van der Waals surface area contributed by atoms with Crippen LogP contribution in [0.15, 0.2) is 58.8 Å². The Labute approximate surface area is 161 Å². The first-order chi connectivity index (χ1) is 13.5. The number of anilines is 1. The van der Waals surface area contributed by atoms with Crippen molar-refractivity contribution in [3.05, 3.63) is 65.8 Å². The summed E-state index contributed by atoms with van der Waals surface area (Å²) >= 11 is 1.48. The van der Waals surface area contributed by atoms with E-state index in [0.717, 1.165) is 10.9 Å². The third-order valence-corrected chi connectivity index (χ3v) is 4.55. The highest BCUT2D eigenvalue weighted by Crippen LogP contribution is 2.31. The Morgan fingerprint density at radius 3 is 2.61 bits per heavy atom. The summed E-state index contributed by atoms with van der Waals surface area (Å²) in [4.78, 5) is 16.9. The minimum Gasteiger partial charge on any atom is -0.443 e. The molecule has 28 heavy (non-hydrogen) atoms. The van der Waals surface area contributed by atoms with Crippen molar-refractivity contribution in [1.82, 2.24) is 19.9 Å². The fourth-order valence-corrected chi connectivity index (χ4v) is 3.05.